The van der Waals surface area contributed by atoms with E-state index in [4.69, 9.17) is 17.3 Å². The maximum absolute atomic E-state index is 5.81. The number of nitrogen functional groups attached to an aromatic ring is 1. The molecule has 14 heavy (non-hydrogen) atoms. The van der Waals surface area contributed by atoms with Crippen LogP contribution in [0.3, 0.4) is 0 Å². The number of anilines is 2. The highest BCUT2D eigenvalue weighted by Gasteiger charge is 2.11. The van der Waals surface area contributed by atoms with Gasteiger partial charge in [0.15, 0.2) is 11.0 Å². The number of aromatic nitrogens is 2. The van der Waals surface area contributed by atoms with E-state index in [2.05, 4.69) is 28.7 Å². The largest absolute Gasteiger partial charge is 0.393 e. The molecule has 4 nitrogen and oxygen atoms in total. The molecule has 0 spiro atoms. The molecule has 1 heterocycles. The van der Waals surface area contributed by atoms with Gasteiger partial charge in [0.2, 0.25) is 0 Å². The minimum absolute atomic E-state index is 0.324. The van der Waals surface area contributed by atoms with Gasteiger partial charge in [0.05, 0.1) is 0 Å². The summed E-state index contributed by atoms with van der Waals surface area (Å²) in [7, 11) is 0. The smallest absolute Gasteiger partial charge is 0.157 e. The van der Waals surface area contributed by atoms with Crippen LogP contribution >= 0.6 is 11.6 Å². The first-order valence-corrected chi connectivity index (χ1v) is 5.09. The van der Waals surface area contributed by atoms with E-state index in [0.717, 1.165) is 25.3 Å². The third kappa shape index (κ3) is 2.26. The van der Waals surface area contributed by atoms with E-state index in [1.807, 2.05) is 0 Å². The lowest BCUT2D eigenvalue weighted by Gasteiger charge is -2.22. The molecule has 0 unspecified atom stereocenters. The molecule has 1 aromatic rings. The topological polar surface area (TPSA) is 55.0 Å². The number of halogens is 1. The van der Waals surface area contributed by atoms with E-state index in [1.165, 1.54) is 6.33 Å². The Kier molecular flexibility index (Phi) is 3.95. The van der Waals surface area contributed by atoms with Gasteiger partial charge in [0, 0.05) is 13.1 Å². The maximum Gasteiger partial charge on any atom is 0.157 e. The van der Waals surface area contributed by atoms with Crippen molar-refractivity contribution in [2.24, 2.45) is 0 Å². The van der Waals surface area contributed by atoms with Crippen LogP contribution in [0.25, 0.3) is 0 Å². The number of nitrogens with two attached hydrogens (primary N) is 1. The molecule has 0 aromatic carbocycles. The highest BCUT2D eigenvalue weighted by Crippen LogP contribution is 2.25. The summed E-state index contributed by atoms with van der Waals surface area (Å²) in [6.07, 6.45) is 2.49. The number of hydrogen-bond acceptors (Lipinski definition) is 4. The van der Waals surface area contributed by atoms with Crippen molar-refractivity contribution in [1.29, 1.82) is 0 Å². The van der Waals surface area contributed by atoms with E-state index in [1.54, 1.807) is 0 Å². The van der Waals surface area contributed by atoms with Crippen LogP contribution in [0.5, 0.6) is 0 Å². The summed E-state index contributed by atoms with van der Waals surface area (Å²) < 4.78 is 0. The molecular weight excluding hydrogens is 200 g/mol. The van der Waals surface area contributed by atoms with Gasteiger partial charge in [-0.15, -0.1) is 0 Å². The van der Waals surface area contributed by atoms with Crippen LogP contribution in [-0.4, -0.2) is 23.1 Å². The van der Waals surface area contributed by atoms with Crippen LogP contribution in [-0.2, 0) is 0 Å². The van der Waals surface area contributed by atoms with Crippen molar-refractivity contribution in [2.75, 3.05) is 23.7 Å². The molecule has 0 radical (unpaired) electrons. The van der Waals surface area contributed by atoms with Crippen LogP contribution in [0.15, 0.2) is 6.33 Å². The number of hydrogen-bond donors (Lipinski definition) is 1. The van der Waals surface area contributed by atoms with Crippen molar-refractivity contribution in [3.63, 3.8) is 0 Å². The second-order valence-electron chi connectivity index (χ2n) is 2.98. The van der Waals surface area contributed by atoms with Crippen molar-refractivity contribution >= 4 is 23.1 Å². The first-order chi connectivity index (χ1) is 6.70. The lowest BCUT2D eigenvalue weighted by atomic mass is 10.3. The molecule has 0 aliphatic rings. The Bertz CT molecular complexity index is 303. The van der Waals surface area contributed by atoms with Crippen molar-refractivity contribution in [3.05, 3.63) is 11.5 Å². The van der Waals surface area contributed by atoms with Crippen molar-refractivity contribution in [1.82, 2.24) is 9.97 Å². The summed E-state index contributed by atoms with van der Waals surface area (Å²) in [5.41, 5.74) is 6.25. The molecule has 0 aliphatic heterocycles. The molecule has 2 N–H and O–H groups in total. The predicted octanol–water partition coefficient (Wildman–Crippen LogP) is 1.95. The molecule has 1 aromatic heterocycles. The second-order valence-corrected chi connectivity index (χ2v) is 3.34. The normalized spacial score (nSPS) is 10.2. The zero-order valence-corrected chi connectivity index (χ0v) is 9.25. The summed E-state index contributed by atoms with van der Waals surface area (Å²) in [5.74, 6) is 0.731. The Hall–Kier alpha value is -1.03. The van der Waals surface area contributed by atoms with Gasteiger partial charge in [0.1, 0.15) is 12.0 Å². The maximum atomic E-state index is 5.81. The Morgan fingerprint density at radius 2 is 2.14 bits per heavy atom. The first-order valence-electron chi connectivity index (χ1n) is 4.71. The Labute approximate surface area is 89.1 Å². The van der Waals surface area contributed by atoms with E-state index in [9.17, 15) is 0 Å². The van der Waals surface area contributed by atoms with Crippen molar-refractivity contribution in [2.45, 2.75) is 20.3 Å². The lowest BCUT2D eigenvalue weighted by molar-refractivity contribution is 0.778. The van der Waals surface area contributed by atoms with E-state index in [0.29, 0.717) is 10.8 Å². The van der Waals surface area contributed by atoms with Gasteiger partial charge in [-0.2, -0.15) is 0 Å². The van der Waals surface area contributed by atoms with Crippen LogP contribution in [0.4, 0.5) is 11.5 Å². The SMILES string of the molecule is CCCN(CC)c1ncnc(Cl)c1N. The monoisotopic (exact) mass is 214 g/mol. The second kappa shape index (κ2) is 5.00. The Morgan fingerprint density at radius 3 is 2.71 bits per heavy atom. The molecule has 0 saturated carbocycles. The third-order valence-electron chi connectivity index (χ3n) is 1.99. The summed E-state index contributed by atoms with van der Waals surface area (Å²) in [6.45, 7) is 5.96. The van der Waals surface area contributed by atoms with Crippen LogP contribution in [0.1, 0.15) is 20.3 Å². The molecular formula is C9H15ClN4. The molecule has 0 amide bonds. The van der Waals surface area contributed by atoms with Crippen LogP contribution in [0.2, 0.25) is 5.15 Å². The summed E-state index contributed by atoms with van der Waals surface area (Å²) >= 11 is 5.81. The predicted molar refractivity (Wildman–Crippen MR) is 59.6 cm³/mol. The third-order valence-corrected chi connectivity index (χ3v) is 2.29. The molecule has 0 fully saturated rings. The standard InChI is InChI=1S/C9H15ClN4/c1-3-5-14(4-2)9-7(11)8(10)12-6-13-9/h6H,3-5,11H2,1-2H3. The van der Waals surface area contributed by atoms with Gasteiger partial charge in [-0.3, -0.25) is 0 Å². The average molecular weight is 215 g/mol. The fourth-order valence-corrected chi connectivity index (χ4v) is 1.43. The fourth-order valence-electron chi connectivity index (χ4n) is 1.30. The van der Waals surface area contributed by atoms with Gasteiger partial charge < -0.3 is 10.6 Å². The van der Waals surface area contributed by atoms with E-state index < -0.39 is 0 Å². The molecule has 0 aliphatic carbocycles. The van der Waals surface area contributed by atoms with E-state index >= 15 is 0 Å². The minimum atomic E-state index is 0.324. The molecule has 5 heteroatoms. The van der Waals surface area contributed by atoms with Gasteiger partial charge in [0.25, 0.3) is 0 Å². The quantitative estimate of drug-likeness (QED) is 0.779. The lowest BCUT2D eigenvalue weighted by Crippen LogP contribution is -2.25. The average Bonchev–Trinajstić information content (AvgIpc) is 2.19. The highest BCUT2D eigenvalue weighted by atomic mass is 35.5. The molecule has 78 valence electrons. The summed E-state index contributed by atoms with van der Waals surface area (Å²) in [4.78, 5) is 10.0. The molecule has 0 bridgehead atoms. The van der Waals surface area contributed by atoms with Gasteiger partial charge in [-0.05, 0) is 13.3 Å². The fraction of sp³-hybridized carbons (Fsp3) is 0.556. The van der Waals surface area contributed by atoms with Crippen molar-refractivity contribution < 1.29 is 0 Å². The van der Waals surface area contributed by atoms with Gasteiger partial charge in [-0.25, -0.2) is 9.97 Å². The van der Waals surface area contributed by atoms with Crippen LogP contribution < -0.4 is 10.6 Å². The Morgan fingerprint density at radius 1 is 1.43 bits per heavy atom. The Balaban J connectivity index is 2.97. The van der Waals surface area contributed by atoms with Crippen molar-refractivity contribution in [3.8, 4) is 0 Å². The summed E-state index contributed by atoms with van der Waals surface area (Å²) in [5, 5.41) is 0.324. The highest BCUT2D eigenvalue weighted by molar-refractivity contribution is 6.32. The van der Waals surface area contributed by atoms with Gasteiger partial charge in [-0.1, -0.05) is 18.5 Å². The first kappa shape index (κ1) is 11.0. The summed E-state index contributed by atoms with van der Waals surface area (Å²) in [6, 6.07) is 0. The molecule has 1 rings (SSSR count). The number of rotatable bonds is 4. The van der Waals surface area contributed by atoms with Crippen LogP contribution in [0, 0.1) is 0 Å². The zero-order chi connectivity index (χ0) is 10.6. The molecule has 0 atom stereocenters. The molecule has 0 saturated heterocycles. The van der Waals surface area contributed by atoms with E-state index in [-0.39, 0.29) is 0 Å². The zero-order valence-electron chi connectivity index (χ0n) is 8.50. The number of nitrogens with zero attached hydrogens (tertiary/aromatic N) is 3. The minimum Gasteiger partial charge on any atom is -0.393 e. The van der Waals surface area contributed by atoms with Gasteiger partial charge >= 0.3 is 0 Å².